The maximum atomic E-state index is 12.4. The van der Waals surface area contributed by atoms with Gasteiger partial charge in [-0.3, -0.25) is 19.7 Å². The zero-order valence-electron chi connectivity index (χ0n) is 13.3. The van der Waals surface area contributed by atoms with E-state index in [1.54, 1.807) is 0 Å². The Morgan fingerprint density at radius 3 is 2.50 bits per heavy atom. The maximum Gasteiger partial charge on any atom is 0.282 e. The molecule has 0 bridgehead atoms. The van der Waals surface area contributed by atoms with Gasteiger partial charge in [-0.25, -0.2) is 0 Å². The molecule has 130 valence electrons. The highest BCUT2D eigenvalue weighted by molar-refractivity contribution is 7.14. The molecule has 1 heterocycles. The normalized spacial score (nSPS) is 10.5. The van der Waals surface area contributed by atoms with E-state index in [2.05, 4.69) is 10.2 Å². The van der Waals surface area contributed by atoms with Gasteiger partial charge < -0.3 is 5.73 Å². The lowest BCUT2D eigenvalue weighted by molar-refractivity contribution is -0.385. The van der Waals surface area contributed by atoms with E-state index in [-0.39, 0.29) is 23.3 Å². The van der Waals surface area contributed by atoms with Crippen molar-refractivity contribution < 1.29 is 14.5 Å². The van der Waals surface area contributed by atoms with E-state index in [9.17, 15) is 19.7 Å². The number of hydrogen-bond acceptors (Lipinski definition) is 7. The monoisotopic (exact) mass is 368 g/mol. The fourth-order valence-electron chi connectivity index (χ4n) is 2.33. The molecule has 0 radical (unpaired) electrons. The Balaban J connectivity index is 1.83. The molecule has 0 saturated heterocycles. The van der Waals surface area contributed by atoms with E-state index in [4.69, 9.17) is 5.73 Å². The summed E-state index contributed by atoms with van der Waals surface area (Å²) in [7, 11) is 0. The Morgan fingerprint density at radius 2 is 1.85 bits per heavy atom. The number of rotatable bonds is 6. The Kier molecular flexibility index (Phi) is 4.81. The van der Waals surface area contributed by atoms with Gasteiger partial charge in [0.1, 0.15) is 15.6 Å². The summed E-state index contributed by atoms with van der Waals surface area (Å²) in [5, 5.41) is 20.3. The molecule has 26 heavy (non-hydrogen) atoms. The smallest absolute Gasteiger partial charge is 0.282 e. The number of hydrogen-bond donors (Lipinski definition) is 1. The molecule has 8 nitrogen and oxygen atoms in total. The average molecular weight is 368 g/mol. The standard InChI is InChI=1S/C17H12N4O4S/c18-16(23)12-7-6-11(8-13(12)21(24)25)14(22)9-15-19-20-17(26-15)10-4-2-1-3-5-10/h1-8H,9H2,(H2,18,23). The number of benzene rings is 2. The second kappa shape index (κ2) is 7.19. The minimum atomic E-state index is -0.924. The van der Waals surface area contributed by atoms with Crippen LogP contribution in [-0.2, 0) is 6.42 Å². The van der Waals surface area contributed by atoms with Gasteiger partial charge in [0.15, 0.2) is 5.78 Å². The summed E-state index contributed by atoms with van der Waals surface area (Å²) in [6, 6.07) is 13.0. The van der Waals surface area contributed by atoms with Gasteiger partial charge in [-0.1, -0.05) is 47.7 Å². The average Bonchev–Trinajstić information content (AvgIpc) is 3.10. The van der Waals surface area contributed by atoms with Gasteiger partial charge in [-0.2, -0.15) is 0 Å². The summed E-state index contributed by atoms with van der Waals surface area (Å²) in [6.45, 7) is 0. The summed E-state index contributed by atoms with van der Waals surface area (Å²) in [6.07, 6.45) is -0.0441. The first kappa shape index (κ1) is 17.4. The van der Waals surface area contributed by atoms with Crippen LogP contribution in [0.2, 0.25) is 0 Å². The summed E-state index contributed by atoms with van der Waals surface area (Å²) < 4.78 is 0. The van der Waals surface area contributed by atoms with E-state index in [1.807, 2.05) is 30.3 Å². The first-order valence-corrected chi connectivity index (χ1v) is 8.26. The van der Waals surface area contributed by atoms with Crippen LogP contribution in [0.15, 0.2) is 48.5 Å². The van der Waals surface area contributed by atoms with Crippen molar-refractivity contribution in [1.29, 1.82) is 0 Å². The van der Waals surface area contributed by atoms with Gasteiger partial charge in [-0.05, 0) is 6.07 Å². The van der Waals surface area contributed by atoms with Crippen LogP contribution in [0.3, 0.4) is 0 Å². The van der Waals surface area contributed by atoms with Crippen molar-refractivity contribution >= 4 is 28.7 Å². The molecule has 0 aliphatic carbocycles. The Hall–Kier alpha value is -3.46. The van der Waals surface area contributed by atoms with Gasteiger partial charge in [0.05, 0.1) is 11.3 Å². The predicted molar refractivity (Wildman–Crippen MR) is 95.0 cm³/mol. The first-order valence-electron chi connectivity index (χ1n) is 7.45. The number of nitro benzene ring substituents is 1. The predicted octanol–water partition coefficient (Wildman–Crippen LogP) is 2.64. The highest BCUT2D eigenvalue weighted by Gasteiger charge is 2.21. The number of ketones is 1. The molecule has 0 atom stereocenters. The highest BCUT2D eigenvalue weighted by Crippen LogP contribution is 2.25. The summed E-state index contributed by atoms with van der Waals surface area (Å²) >= 11 is 1.28. The van der Waals surface area contributed by atoms with E-state index >= 15 is 0 Å². The molecule has 0 aliphatic heterocycles. The van der Waals surface area contributed by atoms with Crippen molar-refractivity contribution in [2.45, 2.75) is 6.42 Å². The molecule has 0 saturated carbocycles. The van der Waals surface area contributed by atoms with Crippen molar-refractivity contribution in [3.8, 4) is 10.6 Å². The Labute approximate surface area is 151 Å². The van der Waals surface area contributed by atoms with E-state index in [1.165, 1.54) is 23.5 Å². The van der Waals surface area contributed by atoms with Gasteiger partial charge in [-0.15, -0.1) is 10.2 Å². The number of carbonyl (C=O) groups excluding carboxylic acids is 2. The molecule has 1 amide bonds. The number of aromatic nitrogens is 2. The van der Waals surface area contributed by atoms with Crippen LogP contribution in [0.25, 0.3) is 10.6 Å². The highest BCUT2D eigenvalue weighted by atomic mass is 32.1. The number of nitrogens with two attached hydrogens (primary N) is 1. The molecular weight excluding hydrogens is 356 g/mol. The lowest BCUT2D eigenvalue weighted by atomic mass is 10.0. The molecule has 0 fully saturated rings. The van der Waals surface area contributed by atoms with Crippen molar-refractivity contribution in [3.05, 3.63) is 74.8 Å². The Morgan fingerprint density at radius 1 is 1.12 bits per heavy atom. The van der Waals surface area contributed by atoms with Crippen molar-refractivity contribution in [2.75, 3.05) is 0 Å². The minimum absolute atomic E-state index is 0.0441. The second-order valence-electron chi connectivity index (χ2n) is 5.32. The summed E-state index contributed by atoms with van der Waals surface area (Å²) in [4.78, 5) is 34.0. The van der Waals surface area contributed by atoms with Gasteiger partial charge >= 0.3 is 0 Å². The van der Waals surface area contributed by atoms with Gasteiger partial charge in [0.25, 0.3) is 11.6 Å². The first-order chi connectivity index (χ1) is 12.5. The maximum absolute atomic E-state index is 12.4. The molecule has 3 rings (SSSR count). The third-order valence-electron chi connectivity index (χ3n) is 3.58. The quantitative estimate of drug-likeness (QED) is 0.404. The van der Waals surface area contributed by atoms with Crippen molar-refractivity contribution in [1.82, 2.24) is 10.2 Å². The molecule has 1 aromatic heterocycles. The fraction of sp³-hybridized carbons (Fsp3) is 0.0588. The van der Waals surface area contributed by atoms with Crippen LogP contribution in [0.1, 0.15) is 25.7 Å². The fourth-order valence-corrected chi connectivity index (χ4v) is 3.17. The summed E-state index contributed by atoms with van der Waals surface area (Å²) in [5.41, 5.74) is 5.38. The van der Waals surface area contributed by atoms with Crippen LogP contribution in [0, 0.1) is 10.1 Å². The molecular formula is C17H12N4O4S. The second-order valence-corrected chi connectivity index (χ2v) is 6.38. The largest absolute Gasteiger partial charge is 0.365 e. The van der Waals surface area contributed by atoms with Crippen LogP contribution >= 0.6 is 11.3 Å². The van der Waals surface area contributed by atoms with Gasteiger partial charge in [0.2, 0.25) is 0 Å². The number of primary amides is 1. The molecule has 0 spiro atoms. The van der Waals surface area contributed by atoms with Crippen LogP contribution in [0.5, 0.6) is 0 Å². The molecule has 3 aromatic rings. The third kappa shape index (κ3) is 3.62. The number of carbonyl (C=O) groups is 2. The number of Topliss-reactive ketones (excluding diaryl/α,β-unsaturated/α-hetero) is 1. The lowest BCUT2D eigenvalue weighted by Crippen LogP contribution is -2.14. The molecule has 0 aliphatic rings. The Bertz CT molecular complexity index is 1000. The van der Waals surface area contributed by atoms with Crippen molar-refractivity contribution in [3.63, 3.8) is 0 Å². The van der Waals surface area contributed by atoms with E-state index < -0.39 is 16.5 Å². The van der Waals surface area contributed by atoms with Crippen LogP contribution in [-0.4, -0.2) is 26.8 Å². The molecule has 9 heteroatoms. The van der Waals surface area contributed by atoms with Crippen LogP contribution in [0.4, 0.5) is 5.69 Å². The number of nitrogens with zero attached hydrogens (tertiary/aromatic N) is 3. The zero-order valence-corrected chi connectivity index (χ0v) is 14.1. The van der Waals surface area contributed by atoms with E-state index in [0.717, 1.165) is 11.6 Å². The van der Waals surface area contributed by atoms with Crippen LogP contribution < -0.4 is 5.73 Å². The zero-order chi connectivity index (χ0) is 18.7. The lowest BCUT2D eigenvalue weighted by Gasteiger charge is -2.02. The topological polar surface area (TPSA) is 129 Å². The van der Waals surface area contributed by atoms with E-state index in [0.29, 0.717) is 10.0 Å². The minimum Gasteiger partial charge on any atom is -0.365 e. The number of amides is 1. The van der Waals surface area contributed by atoms with Gasteiger partial charge in [0, 0.05) is 17.2 Å². The molecule has 0 unspecified atom stereocenters. The SMILES string of the molecule is NC(=O)c1ccc(C(=O)Cc2nnc(-c3ccccc3)s2)cc1[N+](=O)[O-]. The molecule has 2 N–H and O–H groups in total. The molecule has 2 aromatic carbocycles. The summed E-state index contributed by atoms with van der Waals surface area (Å²) in [5.74, 6) is -1.28. The third-order valence-corrected chi connectivity index (χ3v) is 4.55. The van der Waals surface area contributed by atoms with Crippen molar-refractivity contribution in [2.24, 2.45) is 5.73 Å². The number of nitro groups is 1.